The van der Waals surface area contributed by atoms with E-state index in [2.05, 4.69) is 31.9 Å². The van der Waals surface area contributed by atoms with Crippen molar-refractivity contribution in [3.05, 3.63) is 56.5 Å². The van der Waals surface area contributed by atoms with Crippen molar-refractivity contribution in [3.8, 4) is 11.5 Å². The zero-order valence-electron chi connectivity index (χ0n) is 10.1. The van der Waals surface area contributed by atoms with Crippen LogP contribution >= 0.6 is 44.1 Å². The Balaban J connectivity index is 2.46. The minimum atomic E-state index is 0.301. The molecule has 98 valence electrons. The van der Waals surface area contributed by atoms with E-state index in [1.807, 2.05) is 43.3 Å². The topological polar surface area (TPSA) is 35.2 Å². The van der Waals surface area contributed by atoms with E-state index in [1.54, 1.807) is 0 Å². The van der Waals surface area contributed by atoms with Crippen LogP contribution in [0.4, 0.5) is 0 Å². The molecule has 5 heteroatoms. The molecule has 0 unspecified atom stereocenters. The summed E-state index contributed by atoms with van der Waals surface area (Å²) in [7, 11) is 0. The Kier molecular flexibility index (Phi) is 4.60. The Morgan fingerprint density at radius 2 is 1.89 bits per heavy atom. The van der Waals surface area contributed by atoms with Gasteiger partial charge in [0.25, 0.3) is 0 Å². The van der Waals surface area contributed by atoms with Gasteiger partial charge in [-0.2, -0.15) is 0 Å². The molecule has 0 aliphatic heterocycles. The lowest BCUT2D eigenvalue weighted by Crippen LogP contribution is -2.11. The monoisotopic (exact) mass is 399 g/mol. The molecule has 0 aliphatic carbocycles. The van der Waals surface area contributed by atoms with Gasteiger partial charge in [0.1, 0.15) is 16.5 Å². The second kappa shape index (κ2) is 6.03. The smallest absolute Gasteiger partial charge is 0.138 e. The molecule has 0 atom stereocenters. The number of benzene rings is 2. The van der Waals surface area contributed by atoms with Gasteiger partial charge in [0.2, 0.25) is 0 Å². The molecular formula is C14H11Br2NOS. The van der Waals surface area contributed by atoms with Crippen molar-refractivity contribution in [3.63, 3.8) is 0 Å². The number of hydrogen-bond acceptors (Lipinski definition) is 2. The van der Waals surface area contributed by atoms with E-state index in [0.29, 0.717) is 16.3 Å². The summed E-state index contributed by atoms with van der Waals surface area (Å²) in [4.78, 5) is 0.301. The van der Waals surface area contributed by atoms with Gasteiger partial charge in [0.05, 0.1) is 5.56 Å². The molecule has 19 heavy (non-hydrogen) atoms. The average Bonchev–Trinajstić information content (AvgIpc) is 2.33. The first kappa shape index (κ1) is 14.5. The zero-order chi connectivity index (χ0) is 14.0. The SMILES string of the molecule is Cc1ccc(Br)cc1Oc1cccc(Br)c1C(N)=S. The highest BCUT2D eigenvalue weighted by atomic mass is 79.9. The number of halogens is 2. The predicted octanol–water partition coefficient (Wildman–Crippen LogP) is 4.95. The summed E-state index contributed by atoms with van der Waals surface area (Å²) in [6.07, 6.45) is 0. The lowest BCUT2D eigenvalue weighted by Gasteiger charge is -2.13. The van der Waals surface area contributed by atoms with E-state index in [4.69, 9.17) is 22.7 Å². The summed E-state index contributed by atoms with van der Waals surface area (Å²) >= 11 is 11.9. The van der Waals surface area contributed by atoms with E-state index >= 15 is 0 Å². The van der Waals surface area contributed by atoms with Crippen molar-refractivity contribution in [2.75, 3.05) is 0 Å². The van der Waals surface area contributed by atoms with Crippen molar-refractivity contribution in [2.24, 2.45) is 5.73 Å². The summed E-state index contributed by atoms with van der Waals surface area (Å²) in [5.74, 6) is 1.41. The molecule has 0 bridgehead atoms. The number of ether oxygens (including phenoxy) is 1. The number of rotatable bonds is 3. The van der Waals surface area contributed by atoms with E-state index < -0.39 is 0 Å². The highest BCUT2D eigenvalue weighted by Gasteiger charge is 2.12. The van der Waals surface area contributed by atoms with Gasteiger partial charge in [-0.05, 0) is 52.7 Å². The number of thiocarbonyl (C=S) groups is 1. The highest BCUT2D eigenvalue weighted by molar-refractivity contribution is 9.10. The first-order valence-electron chi connectivity index (χ1n) is 5.51. The molecule has 0 aliphatic rings. The van der Waals surface area contributed by atoms with E-state index in [9.17, 15) is 0 Å². The van der Waals surface area contributed by atoms with Gasteiger partial charge >= 0.3 is 0 Å². The molecule has 2 aromatic carbocycles. The van der Waals surface area contributed by atoms with Gasteiger partial charge in [-0.15, -0.1) is 0 Å². The number of hydrogen-bond donors (Lipinski definition) is 1. The fourth-order valence-corrected chi connectivity index (χ4v) is 2.87. The summed E-state index contributed by atoms with van der Waals surface area (Å²) < 4.78 is 7.72. The van der Waals surface area contributed by atoms with Crippen LogP contribution < -0.4 is 10.5 Å². The van der Waals surface area contributed by atoms with Crippen LogP contribution in [0.1, 0.15) is 11.1 Å². The summed E-state index contributed by atoms with van der Waals surface area (Å²) in [5.41, 5.74) is 7.49. The summed E-state index contributed by atoms with van der Waals surface area (Å²) in [5, 5.41) is 0. The number of nitrogens with two attached hydrogens (primary N) is 1. The van der Waals surface area contributed by atoms with Gasteiger partial charge in [-0.1, -0.05) is 40.3 Å². The molecule has 2 rings (SSSR count). The Labute approximate surface area is 134 Å². The fraction of sp³-hybridized carbons (Fsp3) is 0.0714. The Morgan fingerprint density at radius 1 is 1.16 bits per heavy atom. The van der Waals surface area contributed by atoms with Gasteiger partial charge in [-0.3, -0.25) is 0 Å². The van der Waals surface area contributed by atoms with Crippen molar-refractivity contribution >= 4 is 49.1 Å². The van der Waals surface area contributed by atoms with E-state index in [-0.39, 0.29) is 0 Å². The molecule has 0 fully saturated rings. The van der Waals surface area contributed by atoms with Crippen LogP contribution in [0, 0.1) is 6.92 Å². The van der Waals surface area contributed by atoms with Gasteiger partial charge in [0, 0.05) is 8.95 Å². The molecule has 2 N–H and O–H groups in total. The van der Waals surface area contributed by atoms with Gasteiger partial charge < -0.3 is 10.5 Å². The molecule has 2 aromatic rings. The third-order valence-electron chi connectivity index (χ3n) is 2.59. The zero-order valence-corrected chi connectivity index (χ0v) is 14.1. The molecule has 0 aromatic heterocycles. The van der Waals surface area contributed by atoms with Crippen LogP contribution in [-0.4, -0.2) is 4.99 Å². The van der Waals surface area contributed by atoms with E-state index in [0.717, 1.165) is 20.3 Å². The second-order valence-corrected chi connectivity index (χ2v) is 6.20. The third-order valence-corrected chi connectivity index (χ3v) is 3.95. The minimum Gasteiger partial charge on any atom is -0.456 e. The fourth-order valence-electron chi connectivity index (χ4n) is 1.63. The maximum atomic E-state index is 5.94. The minimum absolute atomic E-state index is 0.301. The molecule has 0 heterocycles. The van der Waals surface area contributed by atoms with Crippen LogP contribution in [0.15, 0.2) is 45.3 Å². The quantitative estimate of drug-likeness (QED) is 0.740. The first-order chi connectivity index (χ1) is 8.99. The average molecular weight is 401 g/mol. The molecule has 0 radical (unpaired) electrons. The molecule has 0 spiro atoms. The summed E-state index contributed by atoms with van der Waals surface area (Å²) in [6, 6.07) is 11.5. The Bertz CT molecular complexity index is 643. The van der Waals surface area contributed by atoms with Crippen LogP contribution in [0.5, 0.6) is 11.5 Å². The molecule has 2 nitrogen and oxygen atoms in total. The van der Waals surface area contributed by atoms with Gasteiger partial charge in [0.15, 0.2) is 0 Å². The second-order valence-electron chi connectivity index (χ2n) is 3.99. The highest BCUT2D eigenvalue weighted by Crippen LogP contribution is 2.33. The first-order valence-corrected chi connectivity index (χ1v) is 7.51. The molecule has 0 saturated carbocycles. The largest absolute Gasteiger partial charge is 0.456 e. The van der Waals surface area contributed by atoms with Crippen molar-refractivity contribution in [1.82, 2.24) is 0 Å². The van der Waals surface area contributed by atoms with Crippen molar-refractivity contribution in [1.29, 1.82) is 0 Å². The summed E-state index contributed by atoms with van der Waals surface area (Å²) in [6.45, 7) is 1.99. The van der Waals surface area contributed by atoms with Crippen molar-refractivity contribution in [2.45, 2.75) is 6.92 Å². The lowest BCUT2D eigenvalue weighted by molar-refractivity contribution is 0.477. The van der Waals surface area contributed by atoms with Gasteiger partial charge in [-0.25, -0.2) is 0 Å². The molecule has 0 saturated heterocycles. The van der Waals surface area contributed by atoms with Crippen molar-refractivity contribution < 1.29 is 4.74 Å². The van der Waals surface area contributed by atoms with Crippen LogP contribution in [0.3, 0.4) is 0 Å². The van der Waals surface area contributed by atoms with E-state index in [1.165, 1.54) is 0 Å². The standard InChI is InChI=1S/C14H11Br2NOS/c1-8-5-6-9(15)7-12(8)18-11-4-2-3-10(16)13(11)14(17)19/h2-7H,1H3,(H2,17,19). The van der Waals surface area contributed by atoms with Crippen LogP contribution in [0.25, 0.3) is 0 Å². The normalized spacial score (nSPS) is 10.3. The number of aryl methyl sites for hydroxylation is 1. The molecular weight excluding hydrogens is 390 g/mol. The predicted molar refractivity (Wildman–Crippen MR) is 89.0 cm³/mol. The molecule has 0 amide bonds. The Morgan fingerprint density at radius 3 is 2.58 bits per heavy atom. The van der Waals surface area contributed by atoms with Crippen LogP contribution in [-0.2, 0) is 0 Å². The Hall–Kier alpha value is -0.910. The lowest BCUT2D eigenvalue weighted by atomic mass is 10.2. The maximum absolute atomic E-state index is 5.94. The van der Waals surface area contributed by atoms with Crippen LogP contribution in [0.2, 0.25) is 0 Å². The third kappa shape index (κ3) is 3.35. The maximum Gasteiger partial charge on any atom is 0.138 e.